The van der Waals surface area contributed by atoms with Gasteiger partial charge in [0.1, 0.15) is 0 Å². The Balaban J connectivity index is 3.00. The second kappa shape index (κ2) is 5.82. The maximum Gasteiger partial charge on any atom is 0.280 e. The molecule has 1 aromatic heterocycles. The summed E-state index contributed by atoms with van der Waals surface area (Å²) in [5, 5.41) is 8.47. The number of aromatic nitrogens is 2. The molecular formula is C11H15Cl2N3O2. The fourth-order valence-electron chi connectivity index (χ4n) is 1.29. The van der Waals surface area contributed by atoms with Crippen molar-refractivity contribution in [2.75, 3.05) is 13.7 Å². The Kier molecular flexibility index (Phi) is 4.90. The van der Waals surface area contributed by atoms with Crippen molar-refractivity contribution >= 4 is 29.1 Å². The van der Waals surface area contributed by atoms with Crippen LogP contribution >= 0.6 is 23.2 Å². The van der Waals surface area contributed by atoms with Crippen molar-refractivity contribution in [1.82, 2.24) is 15.3 Å². The Morgan fingerprint density at radius 1 is 1.39 bits per heavy atom. The summed E-state index contributed by atoms with van der Waals surface area (Å²) in [4.78, 5) is 17.3. The van der Waals surface area contributed by atoms with Crippen LogP contribution in [-0.2, 0) is 4.84 Å². The van der Waals surface area contributed by atoms with E-state index in [9.17, 15) is 4.79 Å². The molecule has 0 saturated carbocycles. The molecule has 1 rings (SSSR count). The first-order valence-corrected chi connectivity index (χ1v) is 6.05. The first-order valence-electron chi connectivity index (χ1n) is 5.29. The van der Waals surface area contributed by atoms with Gasteiger partial charge in [-0.3, -0.25) is 9.63 Å². The first kappa shape index (κ1) is 15.1. The molecule has 18 heavy (non-hydrogen) atoms. The first-order chi connectivity index (χ1) is 8.24. The summed E-state index contributed by atoms with van der Waals surface area (Å²) in [7, 11) is 1.42. The predicted octanol–water partition coefficient (Wildman–Crippen LogP) is 2.83. The molecule has 0 radical (unpaired) electrons. The van der Waals surface area contributed by atoms with Gasteiger partial charge >= 0.3 is 0 Å². The van der Waals surface area contributed by atoms with Crippen molar-refractivity contribution in [3.05, 3.63) is 21.9 Å². The van der Waals surface area contributed by atoms with E-state index in [4.69, 9.17) is 28.0 Å². The minimum Gasteiger partial charge on any atom is -0.274 e. The van der Waals surface area contributed by atoms with Crippen molar-refractivity contribution in [3.63, 3.8) is 0 Å². The molecule has 0 fully saturated rings. The summed E-state index contributed by atoms with van der Waals surface area (Å²) in [6, 6.07) is 1.37. The molecule has 0 N–H and O–H groups in total. The zero-order valence-electron chi connectivity index (χ0n) is 10.7. The molecule has 1 amide bonds. The molecule has 0 unspecified atom stereocenters. The number of hydrogen-bond acceptors (Lipinski definition) is 4. The van der Waals surface area contributed by atoms with E-state index in [1.165, 1.54) is 18.2 Å². The highest BCUT2D eigenvalue weighted by Crippen LogP contribution is 2.21. The largest absolute Gasteiger partial charge is 0.280 e. The van der Waals surface area contributed by atoms with E-state index in [1.807, 2.05) is 20.8 Å². The van der Waals surface area contributed by atoms with Crippen molar-refractivity contribution in [2.45, 2.75) is 20.8 Å². The van der Waals surface area contributed by atoms with Crippen LogP contribution in [0.15, 0.2) is 6.07 Å². The molecule has 0 spiro atoms. The van der Waals surface area contributed by atoms with Gasteiger partial charge in [-0.25, -0.2) is 5.06 Å². The van der Waals surface area contributed by atoms with E-state index in [0.717, 1.165) is 0 Å². The Labute approximate surface area is 116 Å². The number of hydrogen-bond donors (Lipinski definition) is 0. The highest BCUT2D eigenvalue weighted by molar-refractivity contribution is 6.34. The van der Waals surface area contributed by atoms with Gasteiger partial charge in [0, 0.05) is 0 Å². The lowest BCUT2D eigenvalue weighted by atomic mass is 9.96. The van der Waals surface area contributed by atoms with Crippen LogP contribution in [0, 0.1) is 5.41 Å². The Morgan fingerprint density at radius 2 is 2.00 bits per heavy atom. The third-order valence-electron chi connectivity index (χ3n) is 2.01. The molecule has 5 nitrogen and oxygen atoms in total. The molecule has 0 aliphatic rings. The zero-order valence-corrected chi connectivity index (χ0v) is 12.2. The summed E-state index contributed by atoms with van der Waals surface area (Å²) >= 11 is 11.5. The summed E-state index contributed by atoms with van der Waals surface area (Å²) in [5.41, 5.74) is 0.0605. The molecule has 0 bridgehead atoms. The normalized spacial score (nSPS) is 11.4. The fourth-order valence-corrected chi connectivity index (χ4v) is 1.61. The maximum absolute atomic E-state index is 12.2. The van der Waals surface area contributed by atoms with Gasteiger partial charge in [0.15, 0.2) is 10.3 Å². The van der Waals surface area contributed by atoms with Gasteiger partial charge in [0.05, 0.1) is 19.2 Å². The standard InChI is InChI=1S/C11H15Cl2N3O2/c1-11(2,3)6-16(18-4)10(17)7-5-8(12)14-15-9(7)13/h5H,6H2,1-4H3. The Hall–Kier alpha value is -0.910. The van der Waals surface area contributed by atoms with Crippen LogP contribution in [0.4, 0.5) is 0 Å². The summed E-state index contributed by atoms with van der Waals surface area (Å²) in [6.45, 7) is 6.39. The van der Waals surface area contributed by atoms with Crippen LogP contribution in [0.1, 0.15) is 31.1 Å². The maximum atomic E-state index is 12.2. The predicted molar refractivity (Wildman–Crippen MR) is 69.6 cm³/mol. The molecule has 100 valence electrons. The van der Waals surface area contributed by atoms with E-state index in [1.54, 1.807) is 0 Å². The van der Waals surface area contributed by atoms with Gasteiger partial charge in [-0.1, -0.05) is 44.0 Å². The van der Waals surface area contributed by atoms with E-state index < -0.39 is 5.91 Å². The van der Waals surface area contributed by atoms with Crippen molar-refractivity contribution < 1.29 is 9.63 Å². The summed E-state index contributed by atoms with van der Waals surface area (Å²) in [5.74, 6) is -0.394. The smallest absolute Gasteiger partial charge is 0.274 e. The van der Waals surface area contributed by atoms with E-state index in [-0.39, 0.29) is 21.3 Å². The van der Waals surface area contributed by atoms with Crippen molar-refractivity contribution in [3.8, 4) is 0 Å². The lowest BCUT2D eigenvalue weighted by Gasteiger charge is -2.27. The van der Waals surface area contributed by atoms with Crippen LogP contribution in [0.5, 0.6) is 0 Å². The topological polar surface area (TPSA) is 55.3 Å². The van der Waals surface area contributed by atoms with Crippen LogP contribution in [0.25, 0.3) is 0 Å². The quantitative estimate of drug-likeness (QED) is 0.804. The number of halogens is 2. The molecule has 7 heteroatoms. The molecule has 0 aliphatic carbocycles. The number of nitrogens with zero attached hydrogens (tertiary/aromatic N) is 3. The van der Waals surface area contributed by atoms with Gasteiger partial charge in [-0.05, 0) is 11.5 Å². The van der Waals surface area contributed by atoms with E-state index in [0.29, 0.717) is 6.54 Å². The number of carbonyl (C=O) groups is 1. The van der Waals surface area contributed by atoms with Gasteiger partial charge in [0.25, 0.3) is 5.91 Å². The number of hydroxylamine groups is 2. The zero-order chi connectivity index (χ0) is 13.9. The van der Waals surface area contributed by atoms with Gasteiger partial charge in [0.2, 0.25) is 0 Å². The third-order valence-corrected chi connectivity index (χ3v) is 2.48. The second-order valence-electron chi connectivity index (χ2n) is 4.96. The number of carbonyl (C=O) groups excluding carboxylic acids is 1. The third kappa shape index (κ3) is 4.08. The summed E-state index contributed by atoms with van der Waals surface area (Å²) < 4.78 is 0. The molecule has 0 aromatic carbocycles. The average molecular weight is 292 g/mol. The van der Waals surface area contributed by atoms with Crippen molar-refractivity contribution in [1.29, 1.82) is 0 Å². The molecule has 1 heterocycles. The monoisotopic (exact) mass is 291 g/mol. The van der Waals surface area contributed by atoms with Crippen LogP contribution < -0.4 is 0 Å². The second-order valence-corrected chi connectivity index (χ2v) is 5.70. The summed E-state index contributed by atoms with van der Waals surface area (Å²) in [6.07, 6.45) is 0. The minimum atomic E-state index is -0.394. The Bertz CT molecular complexity index is 446. The lowest BCUT2D eigenvalue weighted by Crippen LogP contribution is -2.37. The SMILES string of the molecule is CON(CC(C)(C)C)C(=O)c1cc(Cl)nnc1Cl. The van der Waals surface area contributed by atoms with Crippen molar-refractivity contribution in [2.24, 2.45) is 5.41 Å². The highest BCUT2D eigenvalue weighted by Gasteiger charge is 2.25. The van der Waals surface area contributed by atoms with Gasteiger partial charge in [-0.15, -0.1) is 10.2 Å². The van der Waals surface area contributed by atoms with E-state index in [2.05, 4.69) is 10.2 Å². The average Bonchev–Trinajstić information content (AvgIpc) is 2.27. The molecular weight excluding hydrogens is 277 g/mol. The molecule has 1 aromatic rings. The minimum absolute atomic E-state index is 0.000333. The number of rotatable bonds is 3. The van der Waals surface area contributed by atoms with Gasteiger partial charge < -0.3 is 0 Å². The van der Waals surface area contributed by atoms with Crippen LogP contribution in [0.2, 0.25) is 10.3 Å². The highest BCUT2D eigenvalue weighted by atomic mass is 35.5. The number of amides is 1. The molecule has 0 aliphatic heterocycles. The van der Waals surface area contributed by atoms with E-state index >= 15 is 0 Å². The molecule has 0 saturated heterocycles. The van der Waals surface area contributed by atoms with Gasteiger partial charge in [-0.2, -0.15) is 0 Å². The Morgan fingerprint density at radius 3 is 2.50 bits per heavy atom. The van der Waals surface area contributed by atoms with Crippen LogP contribution in [-0.4, -0.2) is 34.8 Å². The fraction of sp³-hybridized carbons (Fsp3) is 0.545. The molecule has 0 atom stereocenters. The lowest BCUT2D eigenvalue weighted by molar-refractivity contribution is -0.110. The van der Waals surface area contributed by atoms with Crippen LogP contribution in [0.3, 0.4) is 0 Å².